The zero-order chi connectivity index (χ0) is 13.0. The number of aromatic nitrogens is 2. The van der Waals surface area contributed by atoms with Crippen molar-refractivity contribution in [1.82, 2.24) is 9.47 Å². The van der Waals surface area contributed by atoms with E-state index in [1.54, 1.807) is 17.1 Å². The molecule has 0 bridgehead atoms. The van der Waals surface area contributed by atoms with E-state index in [-0.39, 0.29) is 30.0 Å². The number of hydrogen-bond donors (Lipinski definition) is 0. The van der Waals surface area contributed by atoms with Crippen LogP contribution in [0.15, 0.2) is 18.7 Å². The topological polar surface area (TPSA) is 29.1 Å². The van der Waals surface area contributed by atoms with E-state index in [0.717, 1.165) is 13.1 Å². The summed E-state index contributed by atoms with van der Waals surface area (Å²) >= 11 is 0. The van der Waals surface area contributed by atoms with E-state index in [1.807, 2.05) is 22.7 Å². The molecule has 5 heteroatoms. The van der Waals surface area contributed by atoms with Gasteiger partial charge in [0, 0.05) is 13.1 Å². The summed E-state index contributed by atoms with van der Waals surface area (Å²) in [5.41, 5.74) is 0. The third kappa shape index (κ3) is 5.37. The predicted molar refractivity (Wildman–Crippen MR) is 67.7 cm³/mol. The monoisotopic (exact) mass is 365 g/mol. The second-order valence-electron chi connectivity index (χ2n) is 5.46. The molecular formula is C13H24IN3O. The second kappa shape index (κ2) is 7.76. The Hall–Kier alpha value is -0.590. The molecule has 0 saturated carbocycles. The molecule has 0 N–H and O–H groups in total. The molecule has 1 amide bonds. The average Bonchev–Trinajstić information content (AvgIpc) is 2.61. The summed E-state index contributed by atoms with van der Waals surface area (Å²) in [6.07, 6.45) is 5.48. The Morgan fingerprint density at radius 3 is 2.06 bits per heavy atom. The van der Waals surface area contributed by atoms with Crippen molar-refractivity contribution in [2.24, 2.45) is 18.9 Å². The smallest absolute Gasteiger partial charge is 0.415 e. The molecule has 4 nitrogen and oxygen atoms in total. The number of imidazole rings is 1. The van der Waals surface area contributed by atoms with Gasteiger partial charge in [-0.1, -0.05) is 27.7 Å². The molecule has 0 aliphatic rings. The van der Waals surface area contributed by atoms with E-state index in [0.29, 0.717) is 11.8 Å². The summed E-state index contributed by atoms with van der Waals surface area (Å²) in [6, 6.07) is 0.0630. The summed E-state index contributed by atoms with van der Waals surface area (Å²) < 4.78 is 3.52. The lowest BCUT2D eigenvalue weighted by atomic mass is 10.1. The van der Waals surface area contributed by atoms with Crippen molar-refractivity contribution in [3.8, 4) is 0 Å². The fraction of sp³-hybridized carbons (Fsp3) is 0.692. The Morgan fingerprint density at radius 1 is 1.22 bits per heavy atom. The number of aryl methyl sites for hydroxylation is 1. The normalized spacial score (nSPS) is 10.6. The van der Waals surface area contributed by atoms with E-state index in [1.165, 1.54) is 0 Å². The number of amides is 1. The van der Waals surface area contributed by atoms with E-state index in [2.05, 4.69) is 27.7 Å². The third-order valence-corrected chi connectivity index (χ3v) is 2.43. The second-order valence-corrected chi connectivity index (χ2v) is 5.46. The lowest BCUT2D eigenvalue weighted by Gasteiger charge is -2.23. The summed E-state index contributed by atoms with van der Waals surface area (Å²) in [6.45, 7) is 10.1. The zero-order valence-corrected chi connectivity index (χ0v) is 14.1. The Kier molecular flexibility index (Phi) is 7.51. The number of carbonyl (C=O) groups excluding carboxylic acids is 1. The van der Waals surface area contributed by atoms with Gasteiger partial charge in [-0.3, -0.25) is 0 Å². The average molecular weight is 365 g/mol. The van der Waals surface area contributed by atoms with Gasteiger partial charge in [-0.25, -0.2) is 9.36 Å². The predicted octanol–water partition coefficient (Wildman–Crippen LogP) is -1.10. The fourth-order valence-corrected chi connectivity index (χ4v) is 1.84. The van der Waals surface area contributed by atoms with Gasteiger partial charge in [-0.15, -0.1) is 0 Å². The molecule has 1 aromatic rings. The van der Waals surface area contributed by atoms with Crippen LogP contribution in [-0.2, 0) is 7.05 Å². The fourth-order valence-electron chi connectivity index (χ4n) is 1.84. The van der Waals surface area contributed by atoms with Crippen LogP contribution in [0, 0.1) is 11.8 Å². The minimum atomic E-state index is 0. The number of nitrogens with zero attached hydrogens (tertiary/aromatic N) is 3. The van der Waals surface area contributed by atoms with Crippen LogP contribution in [0.2, 0.25) is 0 Å². The molecular weight excluding hydrogens is 341 g/mol. The summed E-state index contributed by atoms with van der Waals surface area (Å²) in [5, 5.41) is 0. The van der Waals surface area contributed by atoms with Gasteiger partial charge < -0.3 is 28.9 Å². The van der Waals surface area contributed by atoms with Crippen LogP contribution < -0.4 is 28.5 Å². The van der Waals surface area contributed by atoms with E-state index < -0.39 is 0 Å². The lowest BCUT2D eigenvalue weighted by molar-refractivity contribution is -0.670. The van der Waals surface area contributed by atoms with Crippen molar-refractivity contribution in [2.45, 2.75) is 27.7 Å². The molecule has 1 heterocycles. The lowest BCUT2D eigenvalue weighted by Crippen LogP contribution is -3.00. The first kappa shape index (κ1) is 17.4. The van der Waals surface area contributed by atoms with Gasteiger partial charge in [0.25, 0.3) is 6.33 Å². The van der Waals surface area contributed by atoms with Crippen molar-refractivity contribution in [2.75, 3.05) is 13.1 Å². The van der Waals surface area contributed by atoms with Crippen LogP contribution >= 0.6 is 0 Å². The number of rotatable bonds is 4. The molecule has 104 valence electrons. The van der Waals surface area contributed by atoms with Gasteiger partial charge in [0.2, 0.25) is 0 Å². The Bertz CT molecular complexity index is 364. The zero-order valence-electron chi connectivity index (χ0n) is 11.9. The molecule has 0 aliphatic carbocycles. The highest BCUT2D eigenvalue weighted by molar-refractivity contribution is 5.76. The van der Waals surface area contributed by atoms with Crippen LogP contribution in [0.4, 0.5) is 4.79 Å². The van der Waals surface area contributed by atoms with E-state index >= 15 is 0 Å². The Balaban J connectivity index is 0.00000289. The Morgan fingerprint density at radius 2 is 1.72 bits per heavy atom. The highest BCUT2D eigenvalue weighted by atomic mass is 127. The van der Waals surface area contributed by atoms with E-state index in [9.17, 15) is 4.79 Å². The van der Waals surface area contributed by atoms with Crippen molar-refractivity contribution in [1.29, 1.82) is 0 Å². The van der Waals surface area contributed by atoms with Crippen LogP contribution in [-0.4, -0.2) is 28.6 Å². The molecule has 0 aliphatic heterocycles. The van der Waals surface area contributed by atoms with Crippen molar-refractivity contribution < 1.29 is 33.3 Å². The first-order valence-corrected chi connectivity index (χ1v) is 6.22. The Labute approximate surface area is 127 Å². The van der Waals surface area contributed by atoms with Gasteiger partial charge in [0.05, 0.1) is 7.05 Å². The molecule has 0 saturated heterocycles. The quantitative estimate of drug-likeness (QED) is 0.492. The number of carbonyl (C=O) groups is 1. The summed E-state index contributed by atoms with van der Waals surface area (Å²) in [5.74, 6) is 0.976. The summed E-state index contributed by atoms with van der Waals surface area (Å²) in [4.78, 5) is 14.2. The van der Waals surface area contributed by atoms with Crippen LogP contribution in [0.25, 0.3) is 0 Å². The summed E-state index contributed by atoms with van der Waals surface area (Å²) in [7, 11) is 1.92. The first-order chi connectivity index (χ1) is 7.90. The van der Waals surface area contributed by atoms with Gasteiger partial charge >= 0.3 is 6.03 Å². The molecule has 1 rings (SSSR count). The van der Waals surface area contributed by atoms with Crippen molar-refractivity contribution >= 4 is 6.03 Å². The minimum absolute atomic E-state index is 0. The minimum Gasteiger partial charge on any atom is -1.00 e. The molecule has 0 spiro atoms. The van der Waals surface area contributed by atoms with Gasteiger partial charge in [0.1, 0.15) is 12.4 Å². The standard InChI is InChI=1S/C13H24N3O.HI/c1-11(2)8-16(9-12(3)4)13(17)15-7-6-14(5)10-15;/h6-7,10-12H,8-9H2,1-5H3;1H/q+1;/p-1. The number of halogens is 1. The van der Waals surface area contributed by atoms with Gasteiger partial charge in [0.15, 0.2) is 0 Å². The molecule has 0 atom stereocenters. The molecule has 0 unspecified atom stereocenters. The maximum absolute atomic E-state index is 12.3. The third-order valence-electron chi connectivity index (χ3n) is 2.43. The van der Waals surface area contributed by atoms with Gasteiger partial charge in [-0.2, -0.15) is 4.57 Å². The highest BCUT2D eigenvalue weighted by Crippen LogP contribution is 2.06. The van der Waals surface area contributed by atoms with Crippen LogP contribution in [0.1, 0.15) is 27.7 Å². The van der Waals surface area contributed by atoms with Crippen LogP contribution in [0.3, 0.4) is 0 Å². The largest absolute Gasteiger partial charge is 1.00 e. The molecule has 0 radical (unpaired) electrons. The van der Waals surface area contributed by atoms with Crippen molar-refractivity contribution in [3.63, 3.8) is 0 Å². The molecule has 0 fully saturated rings. The van der Waals surface area contributed by atoms with Gasteiger partial charge in [-0.05, 0) is 11.8 Å². The molecule has 1 aromatic heterocycles. The van der Waals surface area contributed by atoms with E-state index in [4.69, 9.17) is 0 Å². The SMILES string of the molecule is CC(C)CN(CC(C)C)C(=O)n1cc[n+](C)c1.[I-]. The first-order valence-electron chi connectivity index (χ1n) is 6.22. The maximum atomic E-state index is 12.3. The molecule has 18 heavy (non-hydrogen) atoms. The van der Waals surface area contributed by atoms with Crippen molar-refractivity contribution in [3.05, 3.63) is 18.7 Å². The number of hydrogen-bond acceptors (Lipinski definition) is 1. The molecule has 0 aromatic carbocycles. The highest BCUT2D eigenvalue weighted by Gasteiger charge is 2.22. The maximum Gasteiger partial charge on any atom is 0.415 e. The van der Waals surface area contributed by atoms with Crippen LogP contribution in [0.5, 0.6) is 0 Å².